The molecular weight excluding hydrogens is 317 g/mol. The van der Waals surface area contributed by atoms with Crippen LogP contribution in [0, 0.1) is 5.92 Å². The van der Waals surface area contributed by atoms with Crippen molar-refractivity contribution in [2.75, 3.05) is 5.32 Å². The molecular formula is C14H13Cl2NO2S. The second-order valence-electron chi connectivity index (χ2n) is 4.18. The molecule has 0 saturated heterocycles. The maximum absolute atomic E-state index is 11.8. The van der Waals surface area contributed by atoms with Crippen molar-refractivity contribution in [2.45, 2.75) is 13.8 Å². The predicted molar refractivity (Wildman–Crippen MR) is 86.5 cm³/mol. The van der Waals surface area contributed by atoms with Gasteiger partial charge in [0.15, 0.2) is 0 Å². The Morgan fingerprint density at radius 3 is 2.25 bits per heavy atom. The molecule has 0 aliphatic heterocycles. The Bertz CT molecular complexity index is 553. The summed E-state index contributed by atoms with van der Waals surface area (Å²) in [6.45, 7) is 3.00. The molecule has 0 fully saturated rings. The predicted octanol–water partition coefficient (Wildman–Crippen LogP) is 4.00. The van der Waals surface area contributed by atoms with Gasteiger partial charge in [-0.1, -0.05) is 35.4 Å². The van der Waals surface area contributed by atoms with E-state index in [1.807, 2.05) is 0 Å². The molecule has 106 valence electrons. The molecule has 1 atom stereocenters. The van der Waals surface area contributed by atoms with E-state index in [1.54, 1.807) is 31.2 Å². The number of hydrogen-bond donors (Lipinski definition) is 1. The molecule has 0 heterocycles. The molecule has 0 bridgehead atoms. The number of nitrogens with one attached hydrogen (secondary N) is 1. The van der Waals surface area contributed by atoms with Gasteiger partial charge in [0.05, 0.1) is 5.92 Å². The van der Waals surface area contributed by atoms with Crippen LogP contribution < -0.4 is 5.32 Å². The maximum Gasteiger partial charge on any atom is 0.249 e. The van der Waals surface area contributed by atoms with Gasteiger partial charge in [0, 0.05) is 26.7 Å². The van der Waals surface area contributed by atoms with Crippen LogP contribution in [0.3, 0.4) is 0 Å². The number of allylic oxidation sites excluding steroid dienone is 1. The second kappa shape index (κ2) is 7.53. The number of carbonyl (C=O) groups is 2. The van der Waals surface area contributed by atoms with Crippen LogP contribution in [0.15, 0.2) is 35.4 Å². The lowest BCUT2D eigenvalue weighted by Crippen LogP contribution is -2.20. The first-order valence-electron chi connectivity index (χ1n) is 5.76. The first-order valence-corrected chi connectivity index (χ1v) is 6.92. The van der Waals surface area contributed by atoms with E-state index >= 15 is 0 Å². The SMILES string of the molecule is CC(=O)C(C(C)=S)/C(Cl)=C/C(=O)Nc1ccc(Cl)cc1. The molecule has 20 heavy (non-hydrogen) atoms. The lowest BCUT2D eigenvalue weighted by atomic mass is 10.0. The number of benzene rings is 1. The van der Waals surface area contributed by atoms with E-state index in [-0.39, 0.29) is 10.8 Å². The van der Waals surface area contributed by atoms with Crippen molar-refractivity contribution >= 4 is 57.7 Å². The summed E-state index contributed by atoms with van der Waals surface area (Å²) in [5, 5.41) is 3.30. The van der Waals surface area contributed by atoms with Crippen molar-refractivity contribution < 1.29 is 9.59 Å². The molecule has 6 heteroatoms. The molecule has 0 aromatic heterocycles. The average Bonchev–Trinajstić information content (AvgIpc) is 2.30. The van der Waals surface area contributed by atoms with Gasteiger partial charge >= 0.3 is 0 Å². The summed E-state index contributed by atoms with van der Waals surface area (Å²) in [5.41, 5.74) is 0.582. The third-order valence-electron chi connectivity index (χ3n) is 2.47. The highest BCUT2D eigenvalue weighted by Gasteiger charge is 2.20. The normalized spacial score (nSPS) is 12.7. The summed E-state index contributed by atoms with van der Waals surface area (Å²) < 4.78 is 0. The number of thiocarbonyl (C=S) groups is 1. The first-order chi connectivity index (χ1) is 9.31. The number of rotatable bonds is 5. The zero-order valence-corrected chi connectivity index (χ0v) is 13.3. The standard InChI is InChI=1S/C14H13Cl2NO2S/c1-8(18)14(9(2)20)12(16)7-13(19)17-11-5-3-10(15)4-6-11/h3-7,14H,1-2H3,(H,17,19)/b12-7-. The van der Waals surface area contributed by atoms with Crippen LogP contribution in [0.1, 0.15) is 13.8 Å². The van der Waals surface area contributed by atoms with Gasteiger partial charge in [-0.3, -0.25) is 9.59 Å². The van der Waals surface area contributed by atoms with E-state index in [0.717, 1.165) is 6.08 Å². The molecule has 0 spiro atoms. The number of hydrogen-bond acceptors (Lipinski definition) is 3. The smallest absolute Gasteiger partial charge is 0.249 e. The molecule has 0 aliphatic rings. The van der Waals surface area contributed by atoms with E-state index < -0.39 is 11.8 Å². The monoisotopic (exact) mass is 329 g/mol. The molecule has 1 N–H and O–H groups in total. The van der Waals surface area contributed by atoms with Crippen LogP contribution in [0.25, 0.3) is 0 Å². The van der Waals surface area contributed by atoms with Crippen molar-refractivity contribution in [3.8, 4) is 0 Å². The molecule has 0 aliphatic carbocycles. The van der Waals surface area contributed by atoms with E-state index in [0.29, 0.717) is 15.6 Å². The quantitative estimate of drug-likeness (QED) is 0.656. The van der Waals surface area contributed by atoms with E-state index in [9.17, 15) is 9.59 Å². The zero-order chi connectivity index (χ0) is 15.3. The van der Waals surface area contributed by atoms with Crippen molar-refractivity contribution in [3.05, 3.63) is 40.4 Å². The molecule has 1 unspecified atom stereocenters. The Kier molecular flexibility index (Phi) is 6.33. The van der Waals surface area contributed by atoms with Gasteiger partial charge < -0.3 is 5.32 Å². The van der Waals surface area contributed by atoms with Crippen LogP contribution in [-0.4, -0.2) is 16.6 Å². The minimum Gasteiger partial charge on any atom is -0.322 e. The number of Topliss-reactive ketones (excluding diaryl/α,β-unsaturated/α-hetero) is 1. The Morgan fingerprint density at radius 2 is 1.80 bits per heavy atom. The van der Waals surface area contributed by atoms with Gasteiger partial charge in [0.1, 0.15) is 5.78 Å². The van der Waals surface area contributed by atoms with Crippen molar-refractivity contribution in [1.29, 1.82) is 0 Å². The molecule has 1 aromatic rings. The maximum atomic E-state index is 11.8. The van der Waals surface area contributed by atoms with E-state index in [1.165, 1.54) is 6.92 Å². The molecule has 1 aromatic carbocycles. The number of ketones is 1. The third kappa shape index (κ3) is 5.04. The molecule has 1 rings (SSSR count). The van der Waals surface area contributed by atoms with Crippen LogP contribution >= 0.6 is 35.4 Å². The van der Waals surface area contributed by atoms with Crippen LogP contribution in [0.2, 0.25) is 5.02 Å². The summed E-state index contributed by atoms with van der Waals surface area (Å²) in [6.07, 6.45) is 1.16. The minimum absolute atomic E-state index is 0.108. The lowest BCUT2D eigenvalue weighted by Gasteiger charge is -2.11. The summed E-state index contributed by atoms with van der Waals surface area (Å²) in [6, 6.07) is 6.63. The fraction of sp³-hybridized carbons (Fsp3) is 0.214. The van der Waals surface area contributed by atoms with Crippen LogP contribution in [0.5, 0.6) is 0 Å². The van der Waals surface area contributed by atoms with Gasteiger partial charge in [0.25, 0.3) is 0 Å². The lowest BCUT2D eigenvalue weighted by molar-refractivity contribution is -0.117. The Hall–Kier alpha value is -1.23. The third-order valence-corrected chi connectivity index (χ3v) is 3.28. The van der Waals surface area contributed by atoms with Gasteiger partial charge in [0.2, 0.25) is 5.91 Å². The highest BCUT2D eigenvalue weighted by Crippen LogP contribution is 2.20. The second-order valence-corrected chi connectivity index (χ2v) is 5.70. The number of halogens is 2. The van der Waals surface area contributed by atoms with Gasteiger partial charge in [-0.25, -0.2) is 0 Å². The largest absolute Gasteiger partial charge is 0.322 e. The molecule has 3 nitrogen and oxygen atoms in total. The molecule has 0 radical (unpaired) electrons. The summed E-state index contributed by atoms with van der Waals surface area (Å²) in [4.78, 5) is 23.7. The van der Waals surface area contributed by atoms with Crippen LogP contribution in [0.4, 0.5) is 5.69 Å². The zero-order valence-electron chi connectivity index (χ0n) is 10.9. The highest BCUT2D eigenvalue weighted by atomic mass is 35.5. The summed E-state index contributed by atoms with van der Waals surface area (Å²) in [7, 11) is 0. The fourth-order valence-electron chi connectivity index (χ4n) is 1.59. The Labute approximate surface area is 132 Å². The minimum atomic E-state index is -0.720. The number of amides is 1. The average molecular weight is 330 g/mol. The number of anilines is 1. The molecule has 1 amide bonds. The summed E-state index contributed by atoms with van der Waals surface area (Å²) in [5.74, 6) is -1.35. The van der Waals surface area contributed by atoms with Crippen LogP contribution in [-0.2, 0) is 9.59 Å². The Morgan fingerprint density at radius 1 is 1.25 bits per heavy atom. The Balaban J connectivity index is 2.82. The first kappa shape index (κ1) is 16.8. The number of carbonyl (C=O) groups excluding carboxylic acids is 2. The van der Waals surface area contributed by atoms with E-state index in [2.05, 4.69) is 5.32 Å². The fourth-order valence-corrected chi connectivity index (χ4v) is 2.49. The summed E-state index contributed by atoms with van der Waals surface area (Å²) >= 11 is 16.7. The highest BCUT2D eigenvalue weighted by molar-refractivity contribution is 7.80. The van der Waals surface area contributed by atoms with Crippen molar-refractivity contribution in [1.82, 2.24) is 0 Å². The van der Waals surface area contributed by atoms with Gasteiger partial charge in [-0.2, -0.15) is 0 Å². The van der Waals surface area contributed by atoms with Crippen molar-refractivity contribution in [2.24, 2.45) is 5.92 Å². The molecule has 0 saturated carbocycles. The van der Waals surface area contributed by atoms with E-state index in [4.69, 9.17) is 35.4 Å². The topological polar surface area (TPSA) is 46.2 Å². The van der Waals surface area contributed by atoms with Gasteiger partial charge in [-0.15, -0.1) is 0 Å². The van der Waals surface area contributed by atoms with Crippen molar-refractivity contribution in [3.63, 3.8) is 0 Å². The van der Waals surface area contributed by atoms with Gasteiger partial charge in [-0.05, 0) is 38.1 Å².